The van der Waals surface area contributed by atoms with Gasteiger partial charge in [0.25, 0.3) is 0 Å². The van der Waals surface area contributed by atoms with Crippen molar-refractivity contribution in [1.82, 2.24) is 10.3 Å². The Labute approximate surface area is 102 Å². The summed E-state index contributed by atoms with van der Waals surface area (Å²) in [6.45, 7) is 6.48. The Morgan fingerprint density at radius 3 is 2.76 bits per heavy atom. The number of rotatable bonds is 4. The number of hydrogen-bond acceptors (Lipinski definition) is 2. The first-order chi connectivity index (χ1) is 8.06. The molecule has 0 aliphatic rings. The minimum Gasteiger partial charge on any atom is -0.508 e. The first-order valence-corrected chi connectivity index (χ1v) is 6.11. The number of nitrogens with one attached hydrogen (secondary N) is 2. The van der Waals surface area contributed by atoms with Crippen molar-refractivity contribution < 1.29 is 5.11 Å². The molecule has 1 aromatic carbocycles. The largest absolute Gasteiger partial charge is 0.508 e. The fourth-order valence-electron chi connectivity index (χ4n) is 2.29. The predicted octanol–water partition coefficient (Wildman–Crippen LogP) is 2.80. The van der Waals surface area contributed by atoms with Crippen molar-refractivity contribution in [2.45, 2.75) is 39.3 Å². The zero-order chi connectivity index (χ0) is 12.4. The third kappa shape index (κ3) is 2.80. The van der Waals surface area contributed by atoms with E-state index in [4.69, 9.17) is 0 Å². The van der Waals surface area contributed by atoms with Gasteiger partial charge in [-0.15, -0.1) is 0 Å². The number of phenolic OH excluding ortho intramolecular Hbond substituents is 1. The standard InChI is InChI=1S/C14H20N2O/c1-9(2)16-10(3)6-11-8-15-14-5-4-12(17)7-13(11)14/h4-5,7-10,15-17H,6H2,1-3H3. The zero-order valence-corrected chi connectivity index (χ0v) is 10.6. The van der Waals surface area contributed by atoms with Crippen LogP contribution < -0.4 is 5.32 Å². The van der Waals surface area contributed by atoms with E-state index in [-0.39, 0.29) is 0 Å². The molecule has 0 saturated carbocycles. The maximum atomic E-state index is 9.52. The van der Waals surface area contributed by atoms with Gasteiger partial charge in [0.05, 0.1) is 0 Å². The topological polar surface area (TPSA) is 48.0 Å². The van der Waals surface area contributed by atoms with Gasteiger partial charge in [-0.3, -0.25) is 0 Å². The van der Waals surface area contributed by atoms with E-state index in [9.17, 15) is 5.11 Å². The zero-order valence-electron chi connectivity index (χ0n) is 10.6. The summed E-state index contributed by atoms with van der Waals surface area (Å²) < 4.78 is 0. The highest BCUT2D eigenvalue weighted by atomic mass is 16.3. The van der Waals surface area contributed by atoms with Crippen LogP contribution in [0.15, 0.2) is 24.4 Å². The molecule has 0 aliphatic carbocycles. The van der Waals surface area contributed by atoms with E-state index in [1.165, 1.54) is 5.56 Å². The Morgan fingerprint density at radius 1 is 1.29 bits per heavy atom. The van der Waals surface area contributed by atoms with Crippen molar-refractivity contribution in [3.63, 3.8) is 0 Å². The second-order valence-corrected chi connectivity index (χ2v) is 4.97. The van der Waals surface area contributed by atoms with Crippen LogP contribution in [0.25, 0.3) is 10.9 Å². The number of aromatic nitrogens is 1. The minimum absolute atomic E-state index is 0.322. The van der Waals surface area contributed by atoms with Crippen LogP contribution in [0.3, 0.4) is 0 Å². The van der Waals surface area contributed by atoms with E-state index in [2.05, 4.69) is 31.1 Å². The Bertz CT molecular complexity index is 502. The smallest absolute Gasteiger partial charge is 0.116 e. The van der Waals surface area contributed by atoms with Gasteiger partial charge in [-0.1, -0.05) is 13.8 Å². The van der Waals surface area contributed by atoms with Crippen molar-refractivity contribution in [2.75, 3.05) is 0 Å². The van der Waals surface area contributed by atoms with E-state index < -0.39 is 0 Å². The summed E-state index contributed by atoms with van der Waals surface area (Å²) in [5.74, 6) is 0.322. The third-order valence-electron chi connectivity index (χ3n) is 2.89. The van der Waals surface area contributed by atoms with Crippen LogP contribution in [-0.2, 0) is 6.42 Å². The van der Waals surface area contributed by atoms with Crippen LogP contribution in [0.2, 0.25) is 0 Å². The molecular weight excluding hydrogens is 212 g/mol. The quantitative estimate of drug-likeness (QED) is 0.759. The molecule has 0 fully saturated rings. The molecular formula is C14H20N2O. The van der Waals surface area contributed by atoms with Gasteiger partial charge in [0.15, 0.2) is 0 Å². The first-order valence-electron chi connectivity index (χ1n) is 6.11. The first kappa shape index (κ1) is 12.0. The molecule has 2 aromatic rings. The van der Waals surface area contributed by atoms with Gasteiger partial charge in [-0.05, 0) is 37.1 Å². The number of aromatic amines is 1. The van der Waals surface area contributed by atoms with Crippen molar-refractivity contribution in [2.24, 2.45) is 0 Å². The lowest BCUT2D eigenvalue weighted by Gasteiger charge is -2.16. The maximum absolute atomic E-state index is 9.52. The van der Waals surface area contributed by atoms with Gasteiger partial charge >= 0.3 is 0 Å². The SMILES string of the molecule is CC(C)NC(C)Cc1c[nH]c2ccc(O)cc12. The average molecular weight is 232 g/mol. The van der Waals surface area contributed by atoms with E-state index >= 15 is 0 Å². The summed E-state index contributed by atoms with van der Waals surface area (Å²) in [6, 6.07) is 6.36. The highest BCUT2D eigenvalue weighted by molar-refractivity contribution is 5.84. The monoisotopic (exact) mass is 232 g/mol. The molecule has 1 unspecified atom stereocenters. The van der Waals surface area contributed by atoms with Crippen LogP contribution in [0.4, 0.5) is 0 Å². The summed E-state index contributed by atoms with van der Waals surface area (Å²) in [5, 5.41) is 14.1. The molecule has 0 radical (unpaired) electrons. The number of hydrogen-bond donors (Lipinski definition) is 3. The molecule has 1 atom stereocenters. The fraction of sp³-hybridized carbons (Fsp3) is 0.429. The minimum atomic E-state index is 0.322. The lowest BCUT2D eigenvalue weighted by molar-refractivity contribution is 0.475. The maximum Gasteiger partial charge on any atom is 0.116 e. The van der Waals surface area contributed by atoms with E-state index in [0.29, 0.717) is 17.8 Å². The average Bonchev–Trinajstić information content (AvgIpc) is 2.60. The lowest BCUT2D eigenvalue weighted by Crippen LogP contribution is -2.33. The number of phenols is 1. The molecule has 3 heteroatoms. The molecule has 0 bridgehead atoms. The van der Waals surface area contributed by atoms with Crippen LogP contribution in [0, 0.1) is 0 Å². The molecule has 0 amide bonds. The molecule has 17 heavy (non-hydrogen) atoms. The van der Waals surface area contributed by atoms with Gasteiger partial charge in [-0.2, -0.15) is 0 Å². The summed E-state index contributed by atoms with van der Waals surface area (Å²) >= 11 is 0. The highest BCUT2D eigenvalue weighted by Gasteiger charge is 2.09. The van der Waals surface area contributed by atoms with Crippen molar-refractivity contribution in [1.29, 1.82) is 0 Å². The van der Waals surface area contributed by atoms with Crippen molar-refractivity contribution in [3.8, 4) is 5.75 Å². The summed E-state index contributed by atoms with van der Waals surface area (Å²) in [4.78, 5) is 3.24. The van der Waals surface area contributed by atoms with Gasteiger partial charge in [0, 0.05) is 29.2 Å². The van der Waals surface area contributed by atoms with E-state index in [0.717, 1.165) is 17.3 Å². The number of aromatic hydroxyl groups is 1. The number of H-pyrrole nitrogens is 1. The molecule has 3 N–H and O–H groups in total. The van der Waals surface area contributed by atoms with Crippen LogP contribution in [0.5, 0.6) is 5.75 Å². The Kier molecular flexibility index (Phi) is 3.38. The summed E-state index contributed by atoms with van der Waals surface area (Å²) in [5.41, 5.74) is 2.33. The molecule has 3 nitrogen and oxygen atoms in total. The molecule has 0 saturated heterocycles. The normalized spacial score (nSPS) is 13.4. The van der Waals surface area contributed by atoms with Gasteiger partial charge < -0.3 is 15.4 Å². The highest BCUT2D eigenvalue weighted by Crippen LogP contribution is 2.23. The molecule has 0 spiro atoms. The number of benzene rings is 1. The van der Waals surface area contributed by atoms with Crippen LogP contribution in [0.1, 0.15) is 26.3 Å². The van der Waals surface area contributed by atoms with Gasteiger partial charge in [-0.25, -0.2) is 0 Å². The Balaban J connectivity index is 2.21. The molecule has 92 valence electrons. The molecule has 1 aromatic heterocycles. The van der Waals surface area contributed by atoms with Crippen molar-refractivity contribution in [3.05, 3.63) is 30.0 Å². The lowest BCUT2D eigenvalue weighted by atomic mass is 10.1. The summed E-state index contributed by atoms with van der Waals surface area (Å²) in [6.07, 6.45) is 2.99. The van der Waals surface area contributed by atoms with Gasteiger partial charge in [0.2, 0.25) is 0 Å². The third-order valence-corrected chi connectivity index (χ3v) is 2.89. The fourth-order valence-corrected chi connectivity index (χ4v) is 2.29. The van der Waals surface area contributed by atoms with Crippen molar-refractivity contribution >= 4 is 10.9 Å². The second kappa shape index (κ2) is 4.80. The van der Waals surface area contributed by atoms with E-state index in [1.807, 2.05) is 18.3 Å². The number of fused-ring (bicyclic) bond motifs is 1. The molecule has 0 aliphatic heterocycles. The van der Waals surface area contributed by atoms with Crippen LogP contribution >= 0.6 is 0 Å². The van der Waals surface area contributed by atoms with E-state index in [1.54, 1.807) is 6.07 Å². The predicted molar refractivity (Wildman–Crippen MR) is 71.4 cm³/mol. The molecule has 1 heterocycles. The summed E-state index contributed by atoms with van der Waals surface area (Å²) in [7, 11) is 0. The van der Waals surface area contributed by atoms with Gasteiger partial charge in [0.1, 0.15) is 5.75 Å². The second-order valence-electron chi connectivity index (χ2n) is 4.97. The molecule has 2 rings (SSSR count). The Hall–Kier alpha value is -1.48. The Morgan fingerprint density at radius 2 is 2.06 bits per heavy atom. The van der Waals surface area contributed by atoms with Crippen LogP contribution in [-0.4, -0.2) is 22.2 Å².